The van der Waals surface area contributed by atoms with Gasteiger partial charge < -0.3 is 10.2 Å². The third-order valence-electron chi connectivity index (χ3n) is 10.1. The molecule has 0 aromatic carbocycles. The number of rotatable bonds is 5. The lowest BCUT2D eigenvalue weighted by atomic mass is 9.47. The number of hydrogen-bond donors (Lipinski definition) is 2. The van der Waals surface area contributed by atoms with Gasteiger partial charge in [0.2, 0.25) is 0 Å². The predicted molar refractivity (Wildman–Crippen MR) is 116 cm³/mol. The van der Waals surface area contributed by atoms with Gasteiger partial charge >= 0.3 is 0 Å². The SMILES string of the molecule is C[C@H](CCC[C@@H](C)O)[C@H]1CC[C@H]2[C@@H]3CC=C4C[C@@H](O)CC[C@]4(C)[C@H]3CC[C@]12C. The van der Waals surface area contributed by atoms with Crippen molar-refractivity contribution in [2.24, 2.45) is 40.4 Å². The number of hydrogen-bond acceptors (Lipinski definition) is 2. The molecular weight excluding hydrogens is 344 g/mol. The van der Waals surface area contributed by atoms with Crippen molar-refractivity contribution in [2.45, 2.75) is 111 Å². The largest absolute Gasteiger partial charge is 0.393 e. The lowest BCUT2D eigenvalue weighted by Crippen LogP contribution is -2.50. The van der Waals surface area contributed by atoms with Gasteiger partial charge in [-0.1, -0.05) is 45.3 Å². The first kappa shape index (κ1) is 20.9. The van der Waals surface area contributed by atoms with Crippen LogP contribution in [0.1, 0.15) is 98.3 Å². The van der Waals surface area contributed by atoms with Crippen molar-refractivity contribution >= 4 is 0 Å². The molecule has 4 aliphatic rings. The van der Waals surface area contributed by atoms with E-state index < -0.39 is 0 Å². The second-order valence-corrected chi connectivity index (χ2v) is 11.6. The lowest BCUT2D eigenvalue weighted by Gasteiger charge is -2.58. The fraction of sp³-hybridized carbons (Fsp3) is 0.923. The molecule has 3 saturated carbocycles. The zero-order valence-electron chi connectivity index (χ0n) is 18.8. The topological polar surface area (TPSA) is 40.5 Å². The quantitative estimate of drug-likeness (QED) is 0.558. The van der Waals surface area contributed by atoms with E-state index in [9.17, 15) is 10.2 Å². The van der Waals surface area contributed by atoms with E-state index in [1.54, 1.807) is 5.57 Å². The van der Waals surface area contributed by atoms with Crippen LogP contribution in [0, 0.1) is 40.4 Å². The average Bonchev–Trinajstić information content (AvgIpc) is 2.99. The molecule has 0 unspecified atom stereocenters. The minimum Gasteiger partial charge on any atom is -0.393 e. The van der Waals surface area contributed by atoms with Gasteiger partial charge in [0.1, 0.15) is 0 Å². The summed E-state index contributed by atoms with van der Waals surface area (Å²) in [5.41, 5.74) is 2.49. The van der Waals surface area contributed by atoms with Crippen LogP contribution >= 0.6 is 0 Å². The molecule has 4 rings (SSSR count). The van der Waals surface area contributed by atoms with E-state index in [-0.39, 0.29) is 12.2 Å². The molecule has 28 heavy (non-hydrogen) atoms. The van der Waals surface area contributed by atoms with E-state index in [1.165, 1.54) is 51.4 Å². The highest BCUT2D eigenvalue weighted by Gasteiger charge is 2.59. The van der Waals surface area contributed by atoms with Gasteiger partial charge in [0.15, 0.2) is 0 Å². The molecule has 0 bridgehead atoms. The Morgan fingerprint density at radius 3 is 2.57 bits per heavy atom. The van der Waals surface area contributed by atoms with Crippen molar-refractivity contribution in [3.05, 3.63) is 11.6 Å². The molecule has 0 heterocycles. The molecule has 0 saturated heterocycles. The van der Waals surface area contributed by atoms with Crippen LogP contribution in [0.15, 0.2) is 11.6 Å². The first-order valence-electron chi connectivity index (χ1n) is 12.3. The van der Waals surface area contributed by atoms with E-state index in [2.05, 4.69) is 26.8 Å². The average molecular weight is 389 g/mol. The van der Waals surface area contributed by atoms with Gasteiger partial charge in [0.05, 0.1) is 12.2 Å². The minimum atomic E-state index is -0.146. The molecule has 0 aliphatic heterocycles. The van der Waals surface area contributed by atoms with Crippen molar-refractivity contribution in [1.29, 1.82) is 0 Å². The van der Waals surface area contributed by atoms with Gasteiger partial charge in [-0.2, -0.15) is 0 Å². The zero-order chi connectivity index (χ0) is 20.1. The standard InChI is InChI=1S/C26H44O2/c1-17(6-5-7-18(2)27)22-10-11-23-21-9-8-19-16-20(28)12-14-25(19,3)24(21)13-15-26(22,23)4/h8,17-18,20-24,27-28H,5-7,9-16H2,1-4H3/t17-,18-,20+,21+,22-,23+,24+,25+,26-/m1/s1. The molecule has 0 radical (unpaired) electrons. The van der Waals surface area contributed by atoms with Gasteiger partial charge in [0, 0.05) is 0 Å². The van der Waals surface area contributed by atoms with Crippen LogP contribution in [0.25, 0.3) is 0 Å². The Labute approximate surface area is 173 Å². The van der Waals surface area contributed by atoms with Crippen LogP contribution in [0.4, 0.5) is 0 Å². The number of fused-ring (bicyclic) bond motifs is 5. The van der Waals surface area contributed by atoms with Crippen LogP contribution < -0.4 is 0 Å². The van der Waals surface area contributed by atoms with Crippen molar-refractivity contribution in [3.63, 3.8) is 0 Å². The van der Waals surface area contributed by atoms with E-state index in [4.69, 9.17) is 0 Å². The molecule has 0 aromatic rings. The minimum absolute atomic E-state index is 0.0944. The smallest absolute Gasteiger partial charge is 0.0577 e. The summed E-state index contributed by atoms with van der Waals surface area (Å²) in [7, 11) is 0. The highest BCUT2D eigenvalue weighted by Crippen LogP contribution is 2.67. The second kappa shape index (κ2) is 7.73. The highest BCUT2D eigenvalue weighted by molar-refractivity contribution is 5.25. The molecule has 0 spiro atoms. The van der Waals surface area contributed by atoms with E-state index >= 15 is 0 Å². The highest BCUT2D eigenvalue weighted by atomic mass is 16.3. The van der Waals surface area contributed by atoms with E-state index in [0.29, 0.717) is 10.8 Å². The molecule has 2 heteroatoms. The summed E-state index contributed by atoms with van der Waals surface area (Å²) < 4.78 is 0. The van der Waals surface area contributed by atoms with Crippen LogP contribution in [-0.2, 0) is 0 Å². The van der Waals surface area contributed by atoms with Crippen molar-refractivity contribution in [2.75, 3.05) is 0 Å². The van der Waals surface area contributed by atoms with Gasteiger partial charge in [0.25, 0.3) is 0 Å². The summed E-state index contributed by atoms with van der Waals surface area (Å²) in [4.78, 5) is 0. The number of aliphatic hydroxyl groups excluding tert-OH is 2. The third-order valence-corrected chi connectivity index (χ3v) is 10.1. The van der Waals surface area contributed by atoms with Gasteiger partial charge in [-0.3, -0.25) is 0 Å². The summed E-state index contributed by atoms with van der Waals surface area (Å²) in [6.07, 6.45) is 15.8. The van der Waals surface area contributed by atoms with Crippen molar-refractivity contribution in [3.8, 4) is 0 Å². The molecule has 0 amide bonds. The Morgan fingerprint density at radius 1 is 1.04 bits per heavy atom. The Balaban J connectivity index is 1.49. The molecule has 160 valence electrons. The van der Waals surface area contributed by atoms with Crippen LogP contribution in [-0.4, -0.2) is 22.4 Å². The molecule has 4 aliphatic carbocycles. The molecule has 2 N–H and O–H groups in total. The fourth-order valence-corrected chi connectivity index (χ4v) is 8.55. The Hall–Kier alpha value is -0.340. The summed E-state index contributed by atoms with van der Waals surface area (Å²) in [6.45, 7) is 9.60. The monoisotopic (exact) mass is 388 g/mol. The fourth-order valence-electron chi connectivity index (χ4n) is 8.55. The van der Waals surface area contributed by atoms with Crippen LogP contribution in [0.5, 0.6) is 0 Å². The van der Waals surface area contributed by atoms with Gasteiger partial charge in [-0.15, -0.1) is 0 Å². The maximum absolute atomic E-state index is 10.2. The third kappa shape index (κ3) is 3.41. The molecule has 3 fully saturated rings. The van der Waals surface area contributed by atoms with Crippen molar-refractivity contribution < 1.29 is 10.2 Å². The first-order chi connectivity index (χ1) is 13.3. The summed E-state index contributed by atoms with van der Waals surface area (Å²) in [5.74, 6) is 4.29. The Kier molecular flexibility index (Phi) is 5.77. The number of allylic oxidation sites excluding steroid dienone is 1. The maximum atomic E-state index is 10.2. The van der Waals surface area contributed by atoms with Gasteiger partial charge in [-0.25, -0.2) is 0 Å². The van der Waals surface area contributed by atoms with E-state index in [0.717, 1.165) is 48.9 Å². The van der Waals surface area contributed by atoms with Crippen molar-refractivity contribution in [1.82, 2.24) is 0 Å². The van der Waals surface area contributed by atoms with Crippen LogP contribution in [0.2, 0.25) is 0 Å². The Bertz CT molecular complexity index is 595. The predicted octanol–water partition coefficient (Wildman–Crippen LogP) is 6.11. The van der Waals surface area contributed by atoms with Gasteiger partial charge in [-0.05, 0) is 105 Å². The summed E-state index contributed by atoms with van der Waals surface area (Å²) in [6, 6.07) is 0. The zero-order valence-corrected chi connectivity index (χ0v) is 18.8. The Morgan fingerprint density at radius 2 is 1.82 bits per heavy atom. The maximum Gasteiger partial charge on any atom is 0.0577 e. The first-order valence-corrected chi connectivity index (χ1v) is 12.3. The lowest BCUT2D eigenvalue weighted by molar-refractivity contribution is -0.0573. The summed E-state index contributed by atoms with van der Waals surface area (Å²) >= 11 is 0. The number of aliphatic hydroxyl groups is 2. The summed E-state index contributed by atoms with van der Waals surface area (Å²) in [5, 5.41) is 19.8. The molecule has 0 aromatic heterocycles. The van der Waals surface area contributed by atoms with Crippen LogP contribution in [0.3, 0.4) is 0 Å². The molecule has 2 nitrogen and oxygen atoms in total. The molecular formula is C26H44O2. The normalized spacial score (nSPS) is 47.5. The molecule has 9 atom stereocenters. The van der Waals surface area contributed by atoms with E-state index in [1.807, 2.05) is 6.92 Å². The second-order valence-electron chi connectivity index (χ2n) is 11.6.